The fraction of sp³-hybridized carbons (Fsp3) is 0.647. The molecule has 1 fully saturated rings. The van der Waals surface area contributed by atoms with Crippen LogP contribution in [0.1, 0.15) is 51.3 Å². The minimum Gasteiger partial charge on any atom is -0.330 e. The first-order valence-corrected chi connectivity index (χ1v) is 7.52. The van der Waals surface area contributed by atoms with Gasteiger partial charge in [0.1, 0.15) is 0 Å². The molecular weight excluding hydrogens is 232 g/mol. The van der Waals surface area contributed by atoms with E-state index in [2.05, 4.69) is 56.9 Å². The Labute approximate surface area is 118 Å². The zero-order valence-electron chi connectivity index (χ0n) is 12.8. The second kappa shape index (κ2) is 5.64. The van der Waals surface area contributed by atoms with Crippen LogP contribution in [-0.2, 0) is 5.41 Å². The van der Waals surface area contributed by atoms with Crippen molar-refractivity contribution >= 4 is 0 Å². The molecular formula is C17H28N2. The van der Waals surface area contributed by atoms with Gasteiger partial charge in [-0.3, -0.25) is 4.90 Å². The monoisotopic (exact) mass is 260 g/mol. The minimum atomic E-state index is 0.228. The molecule has 106 valence electrons. The maximum absolute atomic E-state index is 5.95. The molecule has 0 aromatic heterocycles. The van der Waals surface area contributed by atoms with Gasteiger partial charge >= 0.3 is 0 Å². The Hall–Kier alpha value is -0.860. The van der Waals surface area contributed by atoms with Crippen molar-refractivity contribution in [2.45, 2.75) is 45.6 Å². The fourth-order valence-electron chi connectivity index (χ4n) is 3.19. The van der Waals surface area contributed by atoms with Crippen LogP contribution in [0.2, 0.25) is 0 Å². The maximum Gasteiger partial charge on any atom is 0.0388 e. The van der Waals surface area contributed by atoms with Crippen LogP contribution >= 0.6 is 0 Å². The lowest BCUT2D eigenvalue weighted by Gasteiger charge is -2.28. The van der Waals surface area contributed by atoms with Crippen molar-refractivity contribution in [3.8, 4) is 0 Å². The van der Waals surface area contributed by atoms with Crippen molar-refractivity contribution in [2.75, 3.05) is 19.6 Å². The van der Waals surface area contributed by atoms with E-state index in [-0.39, 0.29) is 5.41 Å². The number of nitrogens with zero attached hydrogens (tertiary/aromatic N) is 1. The summed E-state index contributed by atoms with van der Waals surface area (Å²) in [5.74, 6) is 0.612. The smallest absolute Gasteiger partial charge is 0.0388 e. The quantitative estimate of drug-likeness (QED) is 0.903. The molecule has 0 spiro atoms. The zero-order valence-corrected chi connectivity index (χ0v) is 12.8. The molecule has 0 amide bonds. The molecule has 2 nitrogen and oxygen atoms in total. The molecule has 0 radical (unpaired) electrons. The highest BCUT2D eigenvalue weighted by atomic mass is 15.2. The second-order valence-corrected chi connectivity index (χ2v) is 6.73. The standard InChI is InChI=1S/C17H28N2/c1-5-19-11-10-14(12-18)16(19)13-6-8-15(9-7-13)17(2,3)4/h6-9,14,16H,5,10-12,18H2,1-4H3. The Balaban J connectivity index is 2.25. The van der Waals surface area contributed by atoms with Gasteiger partial charge in [0.05, 0.1) is 0 Å². The molecule has 1 aliphatic rings. The van der Waals surface area contributed by atoms with Crippen LogP contribution < -0.4 is 5.73 Å². The van der Waals surface area contributed by atoms with Crippen molar-refractivity contribution in [3.63, 3.8) is 0 Å². The number of hydrogen-bond acceptors (Lipinski definition) is 2. The molecule has 1 aromatic carbocycles. The van der Waals surface area contributed by atoms with Crippen LogP contribution in [0.25, 0.3) is 0 Å². The van der Waals surface area contributed by atoms with Gasteiger partial charge in [-0.05, 0) is 48.5 Å². The number of rotatable bonds is 3. The molecule has 1 saturated heterocycles. The van der Waals surface area contributed by atoms with Gasteiger partial charge in [0, 0.05) is 6.04 Å². The Morgan fingerprint density at radius 1 is 1.21 bits per heavy atom. The predicted octanol–water partition coefficient (Wildman–Crippen LogP) is 3.33. The Morgan fingerprint density at radius 2 is 1.84 bits per heavy atom. The van der Waals surface area contributed by atoms with Gasteiger partial charge < -0.3 is 5.73 Å². The summed E-state index contributed by atoms with van der Waals surface area (Å²) in [6, 6.07) is 9.71. The summed E-state index contributed by atoms with van der Waals surface area (Å²) in [5, 5.41) is 0. The average Bonchev–Trinajstić information content (AvgIpc) is 2.80. The normalized spacial score (nSPS) is 24.9. The third kappa shape index (κ3) is 3.01. The van der Waals surface area contributed by atoms with Crippen LogP contribution in [-0.4, -0.2) is 24.5 Å². The van der Waals surface area contributed by atoms with Gasteiger partial charge in [-0.2, -0.15) is 0 Å². The average molecular weight is 260 g/mol. The van der Waals surface area contributed by atoms with Gasteiger partial charge in [0.25, 0.3) is 0 Å². The first kappa shape index (κ1) is 14.5. The second-order valence-electron chi connectivity index (χ2n) is 6.73. The van der Waals surface area contributed by atoms with E-state index in [0.717, 1.165) is 13.1 Å². The summed E-state index contributed by atoms with van der Waals surface area (Å²) in [4.78, 5) is 2.56. The molecule has 0 saturated carbocycles. The first-order valence-electron chi connectivity index (χ1n) is 7.52. The van der Waals surface area contributed by atoms with E-state index in [1.807, 2.05) is 0 Å². The first-order chi connectivity index (χ1) is 8.97. The predicted molar refractivity (Wildman–Crippen MR) is 82.3 cm³/mol. The SMILES string of the molecule is CCN1CCC(CN)C1c1ccc(C(C)(C)C)cc1. The lowest BCUT2D eigenvalue weighted by atomic mass is 9.85. The number of benzene rings is 1. The van der Waals surface area contributed by atoms with Gasteiger partial charge in [-0.1, -0.05) is 52.0 Å². The lowest BCUT2D eigenvalue weighted by molar-refractivity contribution is 0.242. The Kier molecular flexibility index (Phi) is 4.32. The summed E-state index contributed by atoms with van der Waals surface area (Å²) >= 11 is 0. The summed E-state index contributed by atoms with van der Waals surface area (Å²) < 4.78 is 0. The van der Waals surface area contributed by atoms with E-state index in [1.165, 1.54) is 24.1 Å². The van der Waals surface area contributed by atoms with E-state index in [4.69, 9.17) is 5.73 Å². The van der Waals surface area contributed by atoms with E-state index in [0.29, 0.717) is 12.0 Å². The van der Waals surface area contributed by atoms with Crippen molar-refractivity contribution in [1.29, 1.82) is 0 Å². The summed E-state index contributed by atoms with van der Waals surface area (Å²) in [6.45, 7) is 12.1. The summed E-state index contributed by atoms with van der Waals surface area (Å²) in [7, 11) is 0. The molecule has 2 unspecified atom stereocenters. The molecule has 1 heterocycles. The summed E-state index contributed by atoms with van der Waals surface area (Å²) in [6.07, 6.45) is 1.23. The number of nitrogens with two attached hydrogens (primary N) is 1. The number of hydrogen-bond donors (Lipinski definition) is 1. The largest absolute Gasteiger partial charge is 0.330 e. The van der Waals surface area contributed by atoms with E-state index >= 15 is 0 Å². The molecule has 2 heteroatoms. The molecule has 1 aliphatic heterocycles. The maximum atomic E-state index is 5.95. The Bertz CT molecular complexity index is 390. The van der Waals surface area contributed by atoms with Gasteiger partial charge in [-0.25, -0.2) is 0 Å². The van der Waals surface area contributed by atoms with Crippen molar-refractivity contribution in [3.05, 3.63) is 35.4 Å². The molecule has 2 N–H and O–H groups in total. The minimum absolute atomic E-state index is 0.228. The Morgan fingerprint density at radius 3 is 2.32 bits per heavy atom. The number of likely N-dealkylation sites (tertiary alicyclic amines) is 1. The molecule has 0 bridgehead atoms. The van der Waals surface area contributed by atoms with Crippen molar-refractivity contribution in [1.82, 2.24) is 4.90 Å². The van der Waals surface area contributed by atoms with Gasteiger partial charge in [-0.15, -0.1) is 0 Å². The van der Waals surface area contributed by atoms with Crippen LogP contribution in [0.5, 0.6) is 0 Å². The van der Waals surface area contributed by atoms with E-state index in [9.17, 15) is 0 Å². The van der Waals surface area contributed by atoms with E-state index in [1.54, 1.807) is 0 Å². The van der Waals surface area contributed by atoms with Crippen molar-refractivity contribution in [2.24, 2.45) is 11.7 Å². The molecule has 1 aromatic rings. The highest BCUT2D eigenvalue weighted by molar-refractivity contribution is 5.30. The third-order valence-electron chi connectivity index (χ3n) is 4.45. The van der Waals surface area contributed by atoms with Crippen LogP contribution in [0, 0.1) is 5.92 Å². The third-order valence-corrected chi connectivity index (χ3v) is 4.45. The van der Waals surface area contributed by atoms with Gasteiger partial charge in [0.15, 0.2) is 0 Å². The van der Waals surface area contributed by atoms with Crippen LogP contribution in [0.15, 0.2) is 24.3 Å². The van der Waals surface area contributed by atoms with Gasteiger partial charge in [0.2, 0.25) is 0 Å². The highest BCUT2D eigenvalue weighted by Crippen LogP contribution is 2.37. The lowest BCUT2D eigenvalue weighted by Crippen LogP contribution is -2.28. The van der Waals surface area contributed by atoms with E-state index < -0.39 is 0 Å². The highest BCUT2D eigenvalue weighted by Gasteiger charge is 2.33. The van der Waals surface area contributed by atoms with Crippen LogP contribution in [0.4, 0.5) is 0 Å². The van der Waals surface area contributed by atoms with Crippen molar-refractivity contribution < 1.29 is 0 Å². The van der Waals surface area contributed by atoms with Crippen LogP contribution in [0.3, 0.4) is 0 Å². The molecule has 0 aliphatic carbocycles. The molecule has 2 atom stereocenters. The fourth-order valence-corrected chi connectivity index (χ4v) is 3.19. The summed E-state index contributed by atoms with van der Waals surface area (Å²) in [5.41, 5.74) is 9.02. The topological polar surface area (TPSA) is 29.3 Å². The molecule has 19 heavy (non-hydrogen) atoms. The zero-order chi connectivity index (χ0) is 14.0. The molecule has 2 rings (SSSR count).